The van der Waals surface area contributed by atoms with E-state index in [1.165, 1.54) is 0 Å². The van der Waals surface area contributed by atoms with Crippen molar-refractivity contribution in [2.75, 3.05) is 13.1 Å². The molecule has 0 aromatic carbocycles. The minimum absolute atomic E-state index is 0.0984. The molecule has 0 radical (unpaired) electrons. The van der Waals surface area contributed by atoms with E-state index in [2.05, 4.69) is 19.7 Å². The summed E-state index contributed by atoms with van der Waals surface area (Å²) >= 11 is 0. The molecular formula is C17H17N5O2. The second-order valence-electron chi connectivity index (χ2n) is 5.88. The first-order valence-electron chi connectivity index (χ1n) is 7.95. The van der Waals surface area contributed by atoms with E-state index in [-0.39, 0.29) is 11.9 Å². The predicted octanol–water partition coefficient (Wildman–Crippen LogP) is 2.41. The molecule has 0 spiro atoms. The van der Waals surface area contributed by atoms with E-state index in [0.717, 1.165) is 24.9 Å². The molecule has 1 aliphatic rings. The van der Waals surface area contributed by atoms with E-state index in [0.29, 0.717) is 18.0 Å². The molecular weight excluding hydrogens is 306 g/mol. The maximum absolute atomic E-state index is 12.7. The Balaban J connectivity index is 1.50. The molecule has 7 heteroatoms. The molecule has 0 bridgehead atoms. The molecule has 4 rings (SSSR count). The number of amides is 1. The minimum Gasteiger partial charge on any atom is -0.355 e. The summed E-state index contributed by atoms with van der Waals surface area (Å²) in [6.07, 6.45) is 10.9. The van der Waals surface area contributed by atoms with E-state index in [1.54, 1.807) is 31.0 Å². The van der Waals surface area contributed by atoms with Crippen molar-refractivity contribution in [3.63, 3.8) is 0 Å². The van der Waals surface area contributed by atoms with Gasteiger partial charge in [-0.2, -0.15) is 0 Å². The Morgan fingerprint density at radius 3 is 3.04 bits per heavy atom. The van der Waals surface area contributed by atoms with Crippen LogP contribution in [0.15, 0.2) is 53.8 Å². The fraction of sp³-hybridized carbons (Fsp3) is 0.294. The van der Waals surface area contributed by atoms with Gasteiger partial charge in [-0.1, -0.05) is 5.16 Å². The number of likely N-dealkylation sites (tertiary alicyclic amines) is 1. The Morgan fingerprint density at radius 1 is 1.29 bits per heavy atom. The van der Waals surface area contributed by atoms with Crippen LogP contribution in [0.2, 0.25) is 0 Å². The summed E-state index contributed by atoms with van der Waals surface area (Å²) in [7, 11) is 0. The maximum Gasteiger partial charge on any atom is 0.276 e. The van der Waals surface area contributed by atoms with Gasteiger partial charge in [0.15, 0.2) is 11.5 Å². The number of hydrogen-bond acceptors (Lipinski definition) is 5. The normalized spacial score (nSPS) is 17.8. The molecule has 4 heterocycles. The highest BCUT2D eigenvalue weighted by atomic mass is 16.5. The third kappa shape index (κ3) is 2.80. The summed E-state index contributed by atoms with van der Waals surface area (Å²) in [4.78, 5) is 22.7. The van der Waals surface area contributed by atoms with Crippen molar-refractivity contribution in [1.29, 1.82) is 0 Å². The molecule has 122 valence electrons. The van der Waals surface area contributed by atoms with Crippen molar-refractivity contribution < 1.29 is 9.32 Å². The van der Waals surface area contributed by atoms with Crippen LogP contribution in [-0.4, -0.2) is 43.6 Å². The third-order valence-electron chi connectivity index (χ3n) is 4.31. The van der Waals surface area contributed by atoms with Crippen LogP contribution in [0.4, 0.5) is 0 Å². The van der Waals surface area contributed by atoms with E-state index in [4.69, 9.17) is 4.52 Å². The van der Waals surface area contributed by atoms with Gasteiger partial charge >= 0.3 is 0 Å². The fourth-order valence-electron chi connectivity index (χ4n) is 3.05. The number of hydrogen-bond donors (Lipinski definition) is 0. The predicted molar refractivity (Wildman–Crippen MR) is 86.1 cm³/mol. The topological polar surface area (TPSA) is 77.0 Å². The maximum atomic E-state index is 12.7. The Kier molecular flexibility index (Phi) is 3.82. The first-order valence-corrected chi connectivity index (χ1v) is 7.95. The number of piperidine rings is 1. The summed E-state index contributed by atoms with van der Waals surface area (Å²) in [5, 5.41) is 3.94. The lowest BCUT2D eigenvalue weighted by atomic mass is 10.1. The van der Waals surface area contributed by atoms with Gasteiger partial charge in [0, 0.05) is 49.5 Å². The second kappa shape index (κ2) is 6.27. The third-order valence-corrected chi connectivity index (χ3v) is 4.31. The summed E-state index contributed by atoms with van der Waals surface area (Å²) in [6.45, 7) is 1.39. The first-order chi connectivity index (χ1) is 11.8. The molecule has 1 fully saturated rings. The SMILES string of the molecule is O=C(c1cc(-c2cccnc2)on1)N1CCC[C@@H](n2ccnc2)C1. The molecule has 1 atom stereocenters. The molecule has 0 N–H and O–H groups in total. The number of carbonyl (C=O) groups excluding carboxylic acids is 1. The molecule has 0 aliphatic carbocycles. The zero-order chi connectivity index (χ0) is 16.4. The lowest BCUT2D eigenvalue weighted by molar-refractivity contribution is 0.0669. The van der Waals surface area contributed by atoms with Gasteiger partial charge in [-0.05, 0) is 25.0 Å². The Hall–Kier alpha value is -2.96. The largest absolute Gasteiger partial charge is 0.355 e. The fourth-order valence-corrected chi connectivity index (χ4v) is 3.05. The van der Waals surface area contributed by atoms with Gasteiger partial charge in [-0.15, -0.1) is 0 Å². The van der Waals surface area contributed by atoms with E-state index in [1.807, 2.05) is 23.2 Å². The summed E-state index contributed by atoms with van der Waals surface area (Å²) in [6, 6.07) is 5.63. The molecule has 0 saturated carbocycles. The van der Waals surface area contributed by atoms with Gasteiger partial charge in [-0.25, -0.2) is 4.98 Å². The van der Waals surface area contributed by atoms with Crippen molar-refractivity contribution in [3.8, 4) is 11.3 Å². The number of aromatic nitrogens is 4. The van der Waals surface area contributed by atoms with Gasteiger partial charge in [0.05, 0.1) is 12.4 Å². The van der Waals surface area contributed by atoms with E-state index < -0.39 is 0 Å². The molecule has 7 nitrogen and oxygen atoms in total. The smallest absolute Gasteiger partial charge is 0.276 e. The van der Waals surface area contributed by atoms with Crippen molar-refractivity contribution in [2.24, 2.45) is 0 Å². The Labute approximate surface area is 138 Å². The number of pyridine rings is 1. The minimum atomic E-state index is -0.0984. The molecule has 1 saturated heterocycles. The Morgan fingerprint density at radius 2 is 2.25 bits per heavy atom. The van der Waals surface area contributed by atoms with Crippen LogP contribution in [0.5, 0.6) is 0 Å². The zero-order valence-corrected chi connectivity index (χ0v) is 13.1. The summed E-state index contributed by atoms with van der Waals surface area (Å²) in [5.41, 5.74) is 1.14. The van der Waals surface area contributed by atoms with Gasteiger partial charge in [0.25, 0.3) is 5.91 Å². The van der Waals surface area contributed by atoms with Crippen LogP contribution in [0.25, 0.3) is 11.3 Å². The molecule has 1 amide bonds. The molecule has 0 unspecified atom stereocenters. The lowest BCUT2D eigenvalue weighted by Gasteiger charge is -2.32. The highest BCUT2D eigenvalue weighted by Crippen LogP contribution is 2.24. The lowest BCUT2D eigenvalue weighted by Crippen LogP contribution is -2.40. The number of carbonyl (C=O) groups is 1. The van der Waals surface area contributed by atoms with Gasteiger partial charge in [0.2, 0.25) is 0 Å². The van der Waals surface area contributed by atoms with Crippen molar-refractivity contribution in [1.82, 2.24) is 24.6 Å². The zero-order valence-electron chi connectivity index (χ0n) is 13.1. The van der Waals surface area contributed by atoms with Gasteiger partial charge in [0.1, 0.15) is 0 Å². The highest BCUT2D eigenvalue weighted by Gasteiger charge is 2.27. The van der Waals surface area contributed by atoms with Crippen molar-refractivity contribution in [2.45, 2.75) is 18.9 Å². The van der Waals surface area contributed by atoms with Crippen LogP contribution in [0, 0.1) is 0 Å². The van der Waals surface area contributed by atoms with Gasteiger partial charge < -0.3 is 14.0 Å². The highest BCUT2D eigenvalue weighted by molar-refractivity contribution is 5.93. The summed E-state index contributed by atoms with van der Waals surface area (Å²) < 4.78 is 7.37. The number of imidazole rings is 1. The summed E-state index contributed by atoms with van der Waals surface area (Å²) in [5.74, 6) is 0.452. The molecule has 3 aromatic heterocycles. The average Bonchev–Trinajstić information content (AvgIpc) is 3.34. The van der Waals surface area contributed by atoms with Crippen LogP contribution >= 0.6 is 0 Å². The standard InChI is InChI=1S/C17H17N5O2/c23-17(15-9-16(24-20-15)13-3-1-5-18-10-13)21-7-2-4-14(11-21)22-8-6-19-12-22/h1,3,5-6,8-10,12,14H,2,4,7,11H2/t14-/m1/s1. The second-order valence-corrected chi connectivity index (χ2v) is 5.88. The van der Waals surface area contributed by atoms with E-state index in [9.17, 15) is 4.79 Å². The van der Waals surface area contributed by atoms with Crippen LogP contribution < -0.4 is 0 Å². The van der Waals surface area contributed by atoms with Crippen molar-refractivity contribution in [3.05, 3.63) is 55.0 Å². The van der Waals surface area contributed by atoms with E-state index >= 15 is 0 Å². The van der Waals surface area contributed by atoms with Crippen molar-refractivity contribution >= 4 is 5.91 Å². The molecule has 1 aliphatic heterocycles. The Bertz CT molecular complexity index is 813. The molecule has 3 aromatic rings. The monoisotopic (exact) mass is 323 g/mol. The average molecular weight is 323 g/mol. The number of rotatable bonds is 3. The van der Waals surface area contributed by atoms with Gasteiger partial charge in [-0.3, -0.25) is 9.78 Å². The number of nitrogens with zero attached hydrogens (tertiary/aromatic N) is 5. The quantitative estimate of drug-likeness (QED) is 0.740. The first kappa shape index (κ1) is 14.6. The van der Waals surface area contributed by atoms with Crippen LogP contribution in [0.3, 0.4) is 0 Å². The van der Waals surface area contributed by atoms with Crippen LogP contribution in [-0.2, 0) is 0 Å². The van der Waals surface area contributed by atoms with Crippen LogP contribution in [0.1, 0.15) is 29.4 Å². The molecule has 24 heavy (non-hydrogen) atoms.